The zero-order valence-corrected chi connectivity index (χ0v) is 9.83. The molecule has 0 fully saturated rings. The Morgan fingerprint density at radius 1 is 1.47 bits per heavy atom. The first kappa shape index (κ1) is 10.6. The van der Waals surface area contributed by atoms with Crippen LogP contribution < -0.4 is 0 Å². The van der Waals surface area contributed by atoms with E-state index in [-0.39, 0.29) is 5.82 Å². The van der Waals surface area contributed by atoms with Crippen molar-refractivity contribution in [2.45, 2.75) is 5.88 Å². The topological polar surface area (TPSA) is 30.7 Å². The summed E-state index contributed by atoms with van der Waals surface area (Å²) in [6.45, 7) is 0. The van der Waals surface area contributed by atoms with Crippen molar-refractivity contribution < 1.29 is 4.39 Å². The van der Waals surface area contributed by atoms with Crippen LogP contribution in [0.4, 0.5) is 4.39 Å². The van der Waals surface area contributed by atoms with Gasteiger partial charge in [0.25, 0.3) is 0 Å². The predicted octanol–water partition coefficient (Wildman–Crippen LogP) is 2.91. The highest BCUT2D eigenvalue weighted by Crippen LogP contribution is 2.21. The second-order valence-corrected chi connectivity index (χ2v) is 4.01. The van der Waals surface area contributed by atoms with Crippen LogP contribution in [0.15, 0.2) is 28.9 Å². The van der Waals surface area contributed by atoms with E-state index >= 15 is 0 Å². The molecular weight excluding hydrogens is 284 g/mol. The Morgan fingerprint density at radius 2 is 2.27 bits per heavy atom. The first-order valence-electron chi connectivity index (χ1n) is 4.13. The normalized spacial score (nSPS) is 10.6. The van der Waals surface area contributed by atoms with Crippen LogP contribution in [0.2, 0.25) is 0 Å². The first-order chi connectivity index (χ1) is 7.20. The smallest absolute Gasteiger partial charge is 0.124 e. The molecule has 15 heavy (non-hydrogen) atoms. The molecule has 0 unspecified atom stereocenters. The molecule has 0 saturated carbocycles. The molecule has 3 nitrogen and oxygen atoms in total. The van der Waals surface area contributed by atoms with Gasteiger partial charge in [-0.3, -0.25) is 0 Å². The highest BCUT2D eigenvalue weighted by molar-refractivity contribution is 9.10. The van der Waals surface area contributed by atoms with E-state index in [1.807, 2.05) is 0 Å². The van der Waals surface area contributed by atoms with Gasteiger partial charge in [-0.25, -0.2) is 9.07 Å². The Hall–Kier alpha value is -0.940. The molecule has 0 amide bonds. The van der Waals surface area contributed by atoms with Crippen LogP contribution in [-0.2, 0) is 5.88 Å². The van der Waals surface area contributed by atoms with E-state index in [0.29, 0.717) is 16.0 Å². The van der Waals surface area contributed by atoms with E-state index < -0.39 is 0 Å². The van der Waals surface area contributed by atoms with E-state index in [1.54, 1.807) is 16.9 Å². The van der Waals surface area contributed by atoms with Gasteiger partial charge in [0, 0.05) is 4.47 Å². The average molecular weight is 291 g/mol. The summed E-state index contributed by atoms with van der Waals surface area (Å²) in [7, 11) is 0. The van der Waals surface area contributed by atoms with Gasteiger partial charge in [0.2, 0.25) is 0 Å². The monoisotopic (exact) mass is 289 g/mol. The number of aromatic nitrogens is 3. The number of nitrogens with zero attached hydrogens (tertiary/aromatic N) is 3. The third-order valence-corrected chi connectivity index (χ3v) is 2.74. The standard InChI is InChI=1S/C9H6BrClFN3/c10-8-3-6(12)1-2-9(8)15-5-7(4-11)13-14-15/h1-3,5H,4H2. The maximum absolute atomic E-state index is 12.8. The number of hydrogen-bond donors (Lipinski definition) is 0. The molecule has 1 aromatic carbocycles. The quantitative estimate of drug-likeness (QED) is 0.796. The minimum atomic E-state index is -0.302. The molecule has 0 radical (unpaired) electrons. The highest BCUT2D eigenvalue weighted by Gasteiger charge is 2.06. The number of hydrogen-bond acceptors (Lipinski definition) is 2. The third-order valence-electron chi connectivity index (χ3n) is 1.83. The molecular formula is C9H6BrClFN3. The summed E-state index contributed by atoms with van der Waals surface area (Å²) in [5.41, 5.74) is 1.40. The van der Waals surface area contributed by atoms with Gasteiger partial charge < -0.3 is 0 Å². The van der Waals surface area contributed by atoms with Crippen LogP contribution in [0.25, 0.3) is 5.69 Å². The van der Waals surface area contributed by atoms with Gasteiger partial charge in [-0.1, -0.05) is 5.21 Å². The molecule has 2 rings (SSSR count). The number of rotatable bonds is 2. The van der Waals surface area contributed by atoms with Crippen molar-refractivity contribution in [1.82, 2.24) is 15.0 Å². The molecule has 1 aromatic heterocycles. The maximum Gasteiger partial charge on any atom is 0.124 e. The van der Waals surface area contributed by atoms with Gasteiger partial charge in [-0.15, -0.1) is 16.7 Å². The molecule has 0 aliphatic heterocycles. The van der Waals surface area contributed by atoms with Crippen LogP contribution in [0.1, 0.15) is 5.69 Å². The third kappa shape index (κ3) is 2.18. The molecule has 0 atom stereocenters. The lowest BCUT2D eigenvalue weighted by Crippen LogP contribution is -1.96. The molecule has 0 N–H and O–H groups in total. The van der Waals surface area contributed by atoms with Crippen LogP contribution in [-0.4, -0.2) is 15.0 Å². The predicted molar refractivity (Wildman–Crippen MR) is 58.6 cm³/mol. The summed E-state index contributed by atoms with van der Waals surface area (Å²) in [5, 5.41) is 7.72. The number of alkyl halides is 1. The summed E-state index contributed by atoms with van der Waals surface area (Å²) in [4.78, 5) is 0. The van der Waals surface area contributed by atoms with E-state index in [9.17, 15) is 4.39 Å². The van der Waals surface area contributed by atoms with Crippen molar-refractivity contribution in [2.24, 2.45) is 0 Å². The molecule has 0 bridgehead atoms. The SMILES string of the molecule is Fc1ccc(-n2cc(CCl)nn2)c(Br)c1. The fraction of sp³-hybridized carbons (Fsp3) is 0.111. The fourth-order valence-electron chi connectivity index (χ4n) is 1.14. The molecule has 0 spiro atoms. The zero-order valence-electron chi connectivity index (χ0n) is 7.49. The van der Waals surface area contributed by atoms with Crippen molar-refractivity contribution in [1.29, 1.82) is 0 Å². The second kappa shape index (κ2) is 4.28. The molecule has 2 aromatic rings. The minimum absolute atomic E-state index is 0.302. The van der Waals surface area contributed by atoms with Gasteiger partial charge >= 0.3 is 0 Å². The molecule has 6 heteroatoms. The Morgan fingerprint density at radius 3 is 2.87 bits per heavy atom. The van der Waals surface area contributed by atoms with Crippen LogP contribution in [0, 0.1) is 5.82 Å². The first-order valence-corrected chi connectivity index (χ1v) is 5.46. The lowest BCUT2D eigenvalue weighted by Gasteiger charge is -2.02. The van der Waals surface area contributed by atoms with E-state index in [1.165, 1.54) is 12.1 Å². The fourth-order valence-corrected chi connectivity index (χ4v) is 1.80. The molecule has 0 aliphatic rings. The Balaban J connectivity index is 2.44. The zero-order chi connectivity index (χ0) is 10.8. The van der Waals surface area contributed by atoms with Crippen LogP contribution in [0.3, 0.4) is 0 Å². The molecule has 78 valence electrons. The van der Waals surface area contributed by atoms with Crippen molar-refractivity contribution in [2.75, 3.05) is 0 Å². The van der Waals surface area contributed by atoms with Crippen molar-refractivity contribution in [3.63, 3.8) is 0 Å². The Kier molecular flexibility index (Phi) is 3.02. The van der Waals surface area contributed by atoms with Gasteiger partial charge in [-0.2, -0.15) is 0 Å². The molecule has 1 heterocycles. The summed E-state index contributed by atoms with van der Waals surface area (Å²) in [5.74, 6) is 0.00189. The lowest BCUT2D eigenvalue weighted by atomic mass is 10.3. The summed E-state index contributed by atoms with van der Waals surface area (Å²) < 4.78 is 15.0. The molecule has 0 saturated heterocycles. The number of halogens is 3. The van der Waals surface area contributed by atoms with E-state index in [4.69, 9.17) is 11.6 Å². The Labute approximate surface area is 99.0 Å². The van der Waals surface area contributed by atoms with Gasteiger partial charge in [0.1, 0.15) is 5.82 Å². The highest BCUT2D eigenvalue weighted by atomic mass is 79.9. The summed E-state index contributed by atoms with van der Waals surface area (Å²) in [6, 6.07) is 4.35. The average Bonchev–Trinajstić information content (AvgIpc) is 2.66. The van der Waals surface area contributed by atoms with Crippen molar-refractivity contribution in [3.8, 4) is 5.69 Å². The Bertz CT molecular complexity index is 486. The second-order valence-electron chi connectivity index (χ2n) is 2.88. The number of benzene rings is 1. The minimum Gasteiger partial charge on any atom is -0.219 e. The van der Waals surface area contributed by atoms with Gasteiger partial charge in [0.05, 0.1) is 23.5 Å². The molecule has 0 aliphatic carbocycles. The van der Waals surface area contributed by atoms with Gasteiger partial charge in [0.15, 0.2) is 0 Å². The summed E-state index contributed by atoms with van der Waals surface area (Å²) >= 11 is 8.86. The largest absolute Gasteiger partial charge is 0.219 e. The van der Waals surface area contributed by atoms with Crippen LogP contribution in [0.5, 0.6) is 0 Å². The van der Waals surface area contributed by atoms with Crippen molar-refractivity contribution >= 4 is 27.5 Å². The maximum atomic E-state index is 12.8. The van der Waals surface area contributed by atoms with Crippen molar-refractivity contribution in [3.05, 3.63) is 40.4 Å². The van der Waals surface area contributed by atoms with E-state index in [2.05, 4.69) is 26.2 Å². The lowest BCUT2D eigenvalue weighted by molar-refractivity contribution is 0.625. The van der Waals surface area contributed by atoms with E-state index in [0.717, 1.165) is 5.69 Å². The van der Waals surface area contributed by atoms with Gasteiger partial charge in [-0.05, 0) is 34.1 Å². The van der Waals surface area contributed by atoms with Crippen LogP contribution >= 0.6 is 27.5 Å². The summed E-state index contributed by atoms with van der Waals surface area (Å²) in [6.07, 6.45) is 1.70.